The van der Waals surface area contributed by atoms with Crippen molar-refractivity contribution in [3.05, 3.63) is 35.2 Å². The van der Waals surface area contributed by atoms with E-state index in [-0.39, 0.29) is 0 Å². The highest BCUT2D eigenvalue weighted by Crippen LogP contribution is 2.10. The lowest BCUT2D eigenvalue weighted by Crippen LogP contribution is -2.16. The minimum Gasteiger partial charge on any atom is -0.472 e. The average molecular weight is 223 g/mol. The molecular weight excluding hydrogens is 210 g/mol. The van der Waals surface area contributed by atoms with Gasteiger partial charge in [-0.3, -0.25) is 0 Å². The van der Waals surface area contributed by atoms with E-state index < -0.39 is 0 Å². The van der Waals surface area contributed by atoms with Crippen LogP contribution in [0.25, 0.3) is 0 Å². The van der Waals surface area contributed by atoms with Gasteiger partial charge in [0.05, 0.1) is 18.2 Å². The highest BCUT2D eigenvalue weighted by atomic mass is 32.1. The Balaban J connectivity index is 1.67. The molecule has 0 atom stereocenters. The molecule has 5 heteroatoms. The van der Waals surface area contributed by atoms with Gasteiger partial charge < -0.3 is 15.5 Å². The predicted molar refractivity (Wildman–Crippen MR) is 60.6 cm³/mol. The summed E-state index contributed by atoms with van der Waals surface area (Å²) in [5.74, 6) is 0. The van der Waals surface area contributed by atoms with Crippen molar-refractivity contribution in [1.29, 1.82) is 0 Å². The van der Waals surface area contributed by atoms with Crippen LogP contribution >= 0.6 is 11.3 Å². The summed E-state index contributed by atoms with van der Waals surface area (Å²) >= 11 is 1.48. The zero-order valence-electron chi connectivity index (χ0n) is 8.27. The fourth-order valence-corrected chi connectivity index (χ4v) is 1.88. The number of anilines is 1. The Morgan fingerprint density at radius 3 is 3.13 bits per heavy atom. The molecule has 0 fully saturated rings. The standard InChI is InChI=1S/C10H13N3OS/c11-10-13-9(7-15-10)1-3-12-5-8-2-4-14-6-8/h2,4,6-7,12H,1,3,5H2,(H2,11,13). The van der Waals surface area contributed by atoms with Crippen LogP contribution in [0.15, 0.2) is 28.4 Å². The molecule has 0 unspecified atom stereocenters. The van der Waals surface area contributed by atoms with E-state index in [4.69, 9.17) is 10.2 Å². The van der Waals surface area contributed by atoms with Crippen LogP contribution in [0, 0.1) is 0 Å². The largest absolute Gasteiger partial charge is 0.472 e. The van der Waals surface area contributed by atoms with Crippen LogP contribution in [0.5, 0.6) is 0 Å². The molecule has 0 saturated carbocycles. The number of rotatable bonds is 5. The smallest absolute Gasteiger partial charge is 0.180 e. The molecule has 0 amide bonds. The van der Waals surface area contributed by atoms with Crippen molar-refractivity contribution >= 4 is 16.5 Å². The van der Waals surface area contributed by atoms with Crippen molar-refractivity contribution in [2.45, 2.75) is 13.0 Å². The summed E-state index contributed by atoms with van der Waals surface area (Å²) < 4.78 is 4.97. The number of nitrogens with one attached hydrogen (secondary N) is 1. The molecule has 0 bridgehead atoms. The maximum absolute atomic E-state index is 5.53. The summed E-state index contributed by atoms with van der Waals surface area (Å²) in [5, 5.41) is 5.94. The molecule has 2 heterocycles. The first-order valence-electron chi connectivity index (χ1n) is 4.76. The number of hydrogen-bond acceptors (Lipinski definition) is 5. The summed E-state index contributed by atoms with van der Waals surface area (Å²) in [6.45, 7) is 1.73. The second kappa shape index (κ2) is 4.95. The third kappa shape index (κ3) is 3.07. The quantitative estimate of drug-likeness (QED) is 0.756. The number of thiazole rings is 1. The Hall–Kier alpha value is -1.33. The predicted octanol–water partition coefficient (Wildman–Crippen LogP) is 1.65. The van der Waals surface area contributed by atoms with Crippen LogP contribution in [0.3, 0.4) is 0 Å². The summed E-state index contributed by atoms with van der Waals surface area (Å²) in [6.07, 6.45) is 4.33. The SMILES string of the molecule is Nc1nc(CCNCc2ccoc2)cs1. The van der Waals surface area contributed by atoms with Crippen molar-refractivity contribution in [3.8, 4) is 0 Å². The molecule has 0 radical (unpaired) electrons. The van der Waals surface area contributed by atoms with Gasteiger partial charge in [-0.2, -0.15) is 0 Å². The zero-order chi connectivity index (χ0) is 10.5. The lowest BCUT2D eigenvalue weighted by atomic mass is 10.3. The summed E-state index contributed by atoms with van der Waals surface area (Å²) in [5.41, 5.74) is 7.75. The number of aromatic nitrogens is 1. The topological polar surface area (TPSA) is 64.1 Å². The van der Waals surface area contributed by atoms with Crippen molar-refractivity contribution in [1.82, 2.24) is 10.3 Å². The Labute approximate surface area is 92.1 Å². The van der Waals surface area contributed by atoms with Gasteiger partial charge >= 0.3 is 0 Å². The average Bonchev–Trinajstić information content (AvgIpc) is 2.84. The Morgan fingerprint density at radius 2 is 2.47 bits per heavy atom. The third-order valence-electron chi connectivity index (χ3n) is 2.04. The minimum atomic E-state index is 0.639. The first kappa shape index (κ1) is 10.2. The molecule has 0 aliphatic heterocycles. The van der Waals surface area contributed by atoms with Gasteiger partial charge in [-0.25, -0.2) is 4.98 Å². The van der Waals surface area contributed by atoms with Gasteiger partial charge in [0.25, 0.3) is 0 Å². The molecular formula is C10H13N3OS. The number of furan rings is 1. The summed E-state index contributed by atoms with van der Waals surface area (Å²) in [6, 6.07) is 1.95. The minimum absolute atomic E-state index is 0.639. The van der Waals surface area contributed by atoms with Gasteiger partial charge in [-0.1, -0.05) is 0 Å². The molecule has 3 N–H and O–H groups in total. The van der Waals surface area contributed by atoms with E-state index >= 15 is 0 Å². The maximum atomic E-state index is 5.53. The number of nitrogens with zero attached hydrogens (tertiary/aromatic N) is 1. The second-order valence-corrected chi connectivity index (χ2v) is 4.13. The van der Waals surface area contributed by atoms with Gasteiger partial charge in [0, 0.05) is 30.5 Å². The van der Waals surface area contributed by atoms with Crippen LogP contribution in [0.2, 0.25) is 0 Å². The fourth-order valence-electron chi connectivity index (χ4n) is 1.28. The van der Waals surface area contributed by atoms with Crippen molar-refractivity contribution in [2.75, 3.05) is 12.3 Å². The van der Waals surface area contributed by atoms with E-state index in [1.165, 1.54) is 11.3 Å². The highest BCUT2D eigenvalue weighted by Gasteiger charge is 1.98. The molecule has 0 spiro atoms. The monoisotopic (exact) mass is 223 g/mol. The van der Waals surface area contributed by atoms with E-state index in [2.05, 4.69) is 10.3 Å². The van der Waals surface area contributed by atoms with Crippen LogP contribution in [0.4, 0.5) is 5.13 Å². The van der Waals surface area contributed by atoms with Crippen molar-refractivity contribution < 1.29 is 4.42 Å². The van der Waals surface area contributed by atoms with Gasteiger partial charge in [0.1, 0.15) is 0 Å². The third-order valence-corrected chi connectivity index (χ3v) is 2.76. The second-order valence-electron chi connectivity index (χ2n) is 3.24. The Kier molecular flexibility index (Phi) is 3.37. The van der Waals surface area contributed by atoms with Crippen LogP contribution in [0.1, 0.15) is 11.3 Å². The van der Waals surface area contributed by atoms with Crippen LogP contribution in [-0.2, 0) is 13.0 Å². The van der Waals surface area contributed by atoms with Crippen LogP contribution in [-0.4, -0.2) is 11.5 Å². The van der Waals surface area contributed by atoms with Gasteiger partial charge in [-0.05, 0) is 6.07 Å². The number of hydrogen-bond donors (Lipinski definition) is 2. The van der Waals surface area contributed by atoms with Gasteiger partial charge in [0.2, 0.25) is 0 Å². The fraction of sp³-hybridized carbons (Fsp3) is 0.300. The lowest BCUT2D eigenvalue weighted by Gasteiger charge is -2.00. The molecule has 2 aromatic rings. The first-order chi connectivity index (χ1) is 7.34. The molecule has 80 valence electrons. The van der Waals surface area contributed by atoms with Gasteiger partial charge in [0.15, 0.2) is 5.13 Å². The zero-order valence-corrected chi connectivity index (χ0v) is 9.09. The summed E-state index contributed by atoms with van der Waals surface area (Å²) in [4.78, 5) is 4.18. The summed E-state index contributed by atoms with van der Waals surface area (Å²) in [7, 11) is 0. The molecule has 4 nitrogen and oxygen atoms in total. The highest BCUT2D eigenvalue weighted by molar-refractivity contribution is 7.13. The Bertz CT molecular complexity index is 396. The molecule has 0 aromatic carbocycles. The van der Waals surface area contributed by atoms with E-state index in [0.717, 1.165) is 30.8 Å². The molecule has 2 aromatic heterocycles. The maximum Gasteiger partial charge on any atom is 0.180 e. The molecule has 0 aliphatic rings. The van der Waals surface area contributed by atoms with E-state index in [9.17, 15) is 0 Å². The Morgan fingerprint density at radius 1 is 1.53 bits per heavy atom. The van der Waals surface area contributed by atoms with Gasteiger partial charge in [-0.15, -0.1) is 11.3 Å². The first-order valence-corrected chi connectivity index (χ1v) is 5.64. The lowest BCUT2D eigenvalue weighted by molar-refractivity contribution is 0.560. The molecule has 0 saturated heterocycles. The van der Waals surface area contributed by atoms with E-state index in [1.807, 2.05) is 11.4 Å². The number of nitrogen functional groups attached to an aromatic ring is 1. The van der Waals surface area contributed by atoms with Crippen LogP contribution < -0.4 is 11.1 Å². The van der Waals surface area contributed by atoms with E-state index in [1.54, 1.807) is 12.5 Å². The normalized spacial score (nSPS) is 10.7. The molecule has 0 aliphatic carbocycles. The molecule has 2 rings (SSSR count). The molecule has 15 heavy (non-hydrogen) atoms. The van der Waals surface area contributed by atoms with Crippen molar-refractivity contribution in [3.63, 3.8) is 0 Å². The number of nitrogens with two attached hydrogens (primary N) is 1. The van der Waals surface area contributed by atoms with Crippen molar-refractivity contribution in [2.24, 2.45) is 0 Å². The van der Waals surface area contributed by atoms with E-state index in [0.29, 0.717) is 5.13 Å².